The van der Waals surface area contributed by atoms with Crippen LogP contribution < -0.4 is 15.1 Å². The van der Waals surface area contributed by atoms with Crippen molar-refractivity contribution in [3.05, 3.63) is 71.5 Å². The van der Waals surface area contributed by atoms with Crippen molar-refractivity contribution < 1.29 is 18.3 Å². The highest BCUT2D eigenvalue weighted by molar-refractivity contribution is 5.99. The molecule has 26 heavy (non-hydrogen) atoms. The lowest BCUT2D eigenvalue weighted by atomic mass is 9.98. The summed E-state index contributed by atoms with van der Waals surface area (Å²) in [6.45, 7) is 0. The second-order valence-corrected chi connectivity index (χ2v) is 5.77. The third-order valence-electron chi connectivity index (χ3n) is 4.27. The highest BCUT2D eigenvalue weighted by atomic mass is 16.5. The zero-order chi connectivity index (χ0) is 18.1. The van der Waals surface area contributed by atoms with Gasteiger partial charge >= 0.3 is 5.63 Å². The molecular formula is C21H16O5. The van der Waals surface area contributed by atoms with Gasteiger partial charge in [0.15, 0.2) is 0 Å². The van der Waals surface area contributed by atoms with Crippen LogP contribution in [0.2, 0.25) is 0 Å². The summed E-state index contributed by atoms with van der Waals surface area (Å²) in [5.74, 6) is 1.13. The smallest absolute Gasteiger partial charge is 0.336 e. The molecule has 130 valence electrons. The van der Waals surface area contributed by atoms with E-state index in [1.807, 2.05) is 30.3 Å². The quantitative estimate of drug-likeness (QED) is 0.499. The van der Waals surface area contributed by atoms with Gasteiger partial charge in [0.1, 0.15) is 17.1 Å². The average molecular weight is 348 g/mol. The van der Waals surface area contributed by atoms with Gasteiger partial charge in [-0.1, -0.05) is 18.2 Å². The maximum absolute atomic E-state index is 12.1. The number of hydrogen-bond donors (Lipinski definition) is 0. The van der Waals surface area contributed by atoms with Crippen molar-refractivity contribution in [2.24, 2.45) is 0 Å². The molecule has 0 N–H and O–H groups in total. The fourth-order valence-corrected chi connectivity index (χ4v) is 3.04. The molecule has 0 saturated carbocycles. The predicted molar refractivity (Wildman–Crippen MR) is 98.7 cm³/mol. The van der Waals surface area contributed by atoms with Gasteiger partial charge in [-0.3, -0.25) is 0 Å². The van der Waals surface area contributed by atoms with Gasteiger partial charge in [0.25, 0.3) is 0 Å². The van der Waals surface area contributed by atoms with E-state index in [9.17, 15) is 4.79 Å². The Hall–Kier alpha value is -3.47. The minimum atomic E-state index is -0.434. The first-order valence-corrected chi connectivity index (χ1v) is 8.02. The lowest BCUT2D eigenvalue weighted by Gasteiger charge is -2.12. The third kappa shape index (κ3) is 2.73. The Balaban J connectivity index is 2.00. The minimum Gasteiger partial charge on any atom is -0.496 e. The molecule has 0 bridgehead atoms. The maximum atomic E-state index is 12.1. The summed E-state index contributed by atoms with van der Waals surface area (Å²) in [5, 5.41) is 0.720. The molecule has 0 radical (unpaired) electrons. The van der Waals surface area contributed by atoms with Crippen LogP contribution in [0.15, 0.2) is 74.7 Å². The second kappa shape index (κ2) is 6.44. The molecule has 0 spiro atoms. The molecule has 0 aliphatic heterocycles. The molecule has 0 aliphatic carbocycles. The first-order chi connectivity index (χ1) is 12.7. The van der Waals surface area contributed by atoms with Crippen molar-refractivity contribution >= 4 is 11.0 Å². The van der Waals surface area contributed by atoms with Crippen LogP contribution >= 0.6 is 0 Å². The minimum absolute atomic E-state index is 0.414. The number of rotatable bonds is 4. The highest BCUT2D eigenvalue weighted by Gasteiger charge is 2.15. The molecule has 0 unspecified atom stereocenters. The SMILES string of the molecule is COc1cc(OC)c2c(-c3cccc(-c4ccoc4)c3)cc(=O)oc2c1. The number of fused-ring (bicyclic) bond motifs is 1. The Bertz CT molecular complexity index is 1120. The van der Waals surface area contributed by atoms with Gasteiger partial charge in [-0.25, -0.2) is 4.79 Å². The van der Waals surface area contributed by atoms with Crippen LogP contribution in [0.25, 0.3) is 33.2 Å². The standard InChI is InChI=1S/C21H16O5/c1-23-16-9-18(24-2)21-17(11-20(22)26-19(21)10-16)14-5-3-4-13(8-14)15-6-7-25-12-15/h3-12H,1-2H3. The number of methoxy groups -OCH3 is 2. The van der Waals surface area contributed by atoms with Gasteiger partial charge in [-0.2, -0.15) is 0 Å². The largest absolute Gasteiger partial charge is 0.496 e. The first kappa shape index (κ1) is 16.0. The molecule has 5 nitrogen and oxygen atoms in total. The Morgan fingerprint density at radius 1 is 0.885 bits per heavy atom. The Morgan fingerprint density at radius 3 is 2.46 bits per heavy atom. The van der Waals surface area contributed by atoms with Crippen LogP contribution in [-0.2, 0) is 0 Å². The fraction of sp³-hybridized carbons (Fsp3) is 0.0952. The Morgan fingerprint density at radius 2 is 1.73 bits per heavy atom. The zero-order valence-electron chi connectivity index (χ0n) is 14.3. The van der Waals surface area contributed by atoms with E-state index in [1.165, 1.54) is 6.07 Å². The van der Waals surface area contributed by atoms with E-state index in [-0.39, 0.29) is 0 Å². The van der Waals surface area contributed by atoms with Crippen molar-refractivity contribution in [2.75, 3.05) is 14.2 Å². The number of furan rings is 1. The number of ether oxygens (including phenoxy) is 2. The van der Waals surface area contributed by atoms with Gasteiger partial charge in [-0.15, -0.1) is 0 Å². The predicted octanol–water partition coefficient (Wildman–Crippen LogP) is 4.74. The molecule has 0 fully saturated rings. The van der Waals surface area contributed by atoms with Crippen LogP contribution in [0.1, 0.15) is 0 Å². The maximum Gasteiger partial charge on any atom is 0.336 e. The van der Waals surface area contributed by atoms with Crippen molar-refractivity contribution in [2.45, 2.75) is 0 Å². The van der Waals surface area contributed by atoms with Crippen LogP contribution in [-0.4, -0.2) is 14.2 Å². The van der Waals surface area contributed by atoms with Crippen LogP contribution in [0.5, 0.6) is 11.5 Å². The van der Waals surface area contributed by atoms with Crippen LogP contribution in [0, 0.1) is 0 Å². The molecule has 0 aliphatic rings. The van der Waals surface area contributed by atoms with Gasteiger partial charge in [-0.05, 0) is 23.3 Å². The van der Waals surface area contributed by atoms with E-state index in [4.69, 9.17) is 18.3 Å². The van der Waals surface area contributed by atoms with E-state index in [1.54, 1.807) is 38.9 Å². The molecule has 4 aromatic rings. The highest BCUT2D eigenvalue weighted by Crippen LogP contribution is 2.38. The zero-order valence-corrected chi connectivity index (χ0v) is 14.3. The van der Waals surface area contributed by atoms with E-state index < -0.39 is 5.63 Å². The molecule has 0 amide bonds. The monoisotopic (exact) mass is 348 g/mol. The number of hydrogen-bond acceptors (Lipinski definition) is 5. The summed E-state index contributed by atoms with van der Waals surface area (Å²) in [4.78, 5) is 12.1. The van der Waals surface area contributed by atoms with Crippen molar-refractivity contribution in [3.63, 3.8) is 0 Å². The van der Waals surface area contributed by atoms with Crippen LogP contribution in [0.4, 0.5) is 0 Å². The summed E-state index contributed by atoms with van der Waals surface area (Å²) in [7, 11) is 3.13. The van der Waals surface area contributed by atoms with Gasteiger partial charge in [0, 0.05) is 29.3 Å². The second-order valence-electron chi connectivity index (χ2n) is 5.77. The molecule has 0 saturated heterocycles. The fourth-order valence-electron chi connectivity index (χ4n) is 3.04. The van der Waals surface area contributed by atoms with Gasteiger partial charge in [0.2, 0.25) is 0 Å². The van der Waals surface area contributed by atoms with E-state index in [0.29, 0.717) is 17.1 Å². The molecule has 4 rings (SSSR count). The van der Waals surface area contributed by atoms with Crippen LogP contribution in [0.3, 0.4) is 0 Å². The molecular weight excluding hydrogens is 332 g/mol. The third-order valence-corrected chi connectivity index (χ3v) is 4.27. The van der Waals surface area contributed by atoms with Gasteiger partial charge < -0.3 is 18.3 Å². The summed E-state index contributed by atoms with van der Waals surface area (Å²) < 4.78 is 21.3. The lowest BCUT2D eigenvalue weighted by Crippen LogP contribution is -2.00. The van der Waals surface area contributed by atoms with E-state index in [0.717, 1.165) is 27.6 Å². The summed E-state index contributed by atoms with van der Waals surface area (Å²) in [5.41, 5.74) is 3.55. The van der Waals surface area contributed by atoms with Crippen molar-refractivity contribution in [1.29, 1.82) is 0 Å². The Kier molecular flexibility index (Phi) is 3.97. The van der Waals surface area contributed by atoms with E-state index in [2.05, 4.69) is 0 Å². The average Bonchev–Trinajstić information content (AvgIpc) is 3.21. The van der Waals surface area contributed by atoms with E-state index >= 15 is 0 Å². The summed E-state index contributed by atoms with van der Waals surface area (Å²) in [6, 6.07) is 14.7. The first-order valence-electron chi connectivity index (χ1n) is 8.02. The molecule has 5 heteroatoms. The molecule has 2 heterocycles. The Labute approximate surface area is 149 Å². The molecule has 0 atom stereocenters. The normalized spacial score (nSPS) is 10.8. The van der Waals surface area contributed by atoms with Crippen molar-refractivity contribution in [3.8, 4) is 33.8 Å². The lowest BCUT2D eigenvalue weighted by molar-refractivity contribution is 0.396. The van der Waals surface area contributed by atoms with Gasteiger partial charge in [0.05, 0.1) is 32.1 Å². The molecule has 2 aromatic heterocycles. The number of benzene rings is 2. The summed E-state index contributed by atoms with van der Waals surface area (Å²) >= 11 is 0. The topological polar surface area (TPSA) is 61.8 Å². The summed E-state index contributed by atoms with van der Waals surface area (Å²) in [6.07, 6.45) is 3.31. The van der Waals surface area contributed by atoms with Crippen molar-refractivity contribution in [1.82, 2.24) is 0 Å². The molecule has 2 aromatic carbocycles.